The molecule has 0 radical (unpaired) electrons. The fourth-order valence-corrected chi connectivity index (χ4v) is 9.96. The van der Waals surface area contributed by atoms with Gasteiger partial charge in [0.2, 0.25) is 5.91 Å². The van der Waals surface area contributed by atoms with Crippen LogP contribution in [0.2, 0.25) is 0 Å². The summed E-state index contributed by atoms with van der Waals surface area (Å²) in [5.41, 5.74) is 6.45. The van der Waals surface area contributed by atoms with Crippen LogP contribution < -0.4 is 10.6 Å². The third-order valence-electron chi connectivity index (χ3n) is 12.9. The van der Waals surface area contributed by atoms with Crippen molar-refractivity contribution >= 4 is 29.2 Å². The normalized spacial score (nSPS) is 16.1. The van der Waals surface area contributed by atoms with Crippen LogP contribution in [0.1, 0.15) is 159 Å². The molecule has 1 aliphatic heterocycles. The Morgan fingerprint density at radius 1 is 0.695 bits per heavy atom. The fraction of sp³-hybridized carbons (Fsp3) is 0.700. The van der Waals surface area contributed by atoms with Crippen molar-refractivity contribution in [2.24, 2.45) is 10.8 Å². The van der Waals surface area contributed by atoms with Crippen LogP contribution in [0.3, 0.4) is 0 Å². The summed E-state index contributed by atoms with van der Waals surface area (Å²) in [7, 11) is 0. The van der Waals surface area contributed by atoms with E-state index >= 15 is 0 Å². The van der Waals surface area contributed by atoms with Gasteiger partial charge in [-0.1, -0.05) is 83.4 Å². The fourth-order valence-electron chi connectivity index (χ4n) is 9.96. The highest BCUT2D eigenvalue weighted by atomic mass is 16.4. The molecule has 3 rings (SSSR count). The van der Waals surface area contributed by atoms with Crippen LogP contribution in [-0.2, 0) is 14.4 Å². The predicted octanol–water partition coefficient (Wildman–Crippen LogP) is 10.8. The van der Waals surface area contributed by atoms with Gasteiger partial charge in [-0.2, -0.15) is 0 Å². The van der Waals surface area contributed by atoms with Crippen molar-refractivity contribution in [3.05, 3.63) is 58.7 Å². The van der Waals surface area contributed by atoms with Crippen LogP contribution in [0.5, 0.6) is 0 Å². The van der Waals surface area contributed by atoms with Crippen LogP contribution in [0, 0.1) is 38.5 Å². The number of aliphatic hydroxyl groups excluding tert-OH is 1. The van der Waals surface area contributed by atoms with E-state index in [2.05, 4.69) is 69.2 Å². The maximum atomic E-state index is 14.0. The molecule has 1 aliphatic rings. The van der Waals surface area contributed by atoms with E-state index in [1.165, 1.54) is 0 Å². The van der Waals surface area contributed by atoms with Gasteiger partial charge in [0.05, 0.1) is 25.7 Å². The lowest BCUT2D eigenvalue weighted by atomic mass is 9.71. The Morgan fingerprint density at radius 2 is 1.20 bits per heavy atom. The van der Waals surface area contributed by atoms with Gasteiger partial charge in [-0.15, -0.1) is 0 Å². The molecule has 332 valence electrons. The highest BCUT2D eigenvalue weighted by Gasteiger charge is 2.34. The number of quaternary nitrogens is 1. The number of unbranched alkanes of at least 4 members (excludes halogenated alkanes) is 6. The molecule has 2 atom stereocenters. The van der Waals surface area contributed by atoms with Crippen molar-refractivity contribution in [1.29, 1.82) is 0 Å². The summed E-state index contributed by atoms with van der Waals surface area (Å²) in [5, 5.41) is 25.1. The maximum absolute atomic E-state index is 14.0. The zero-order chi connectivity index (χ0) is 43.5. The predicted molar refractivity (Wildman–Crippen MR) is 245 cm³/mol. The van der Waals surface area contributed by atoms with E-state index in [4.69, 9.17) is 0 Å². The summed E-state index contributed by atoms with van der Waals surface area (Å²) in [4.78, 5) is 41.2. The van der Waals surface area contributed by atoms with Gasteiger partial charge in [0.1, 0.15) is 0 Å². The van der Waals surface area contributed by atoms with E-state index in [-0.39, 0.29) is 41.7 Å². The quantitative estimate of drug-likeness (QED) is 0.0501. The minimum atomic E-state index is -0.751. The number of amides is 2. The number of carboxylic acid groups (broad SMARTS) is 1. The van der Waals surface area contributed by atoms with E-state index in [9.17, 15) is 24.6 Å². The molecule has 1 fully saturated rings. The monoisotopic (exact) mass is 820 g/mol. The van der Waals surface area contributed by atoms with Crippen LogP contribution in [-0.4, -0.2) is 89.3 Å². The lowest BCUT2D eigenvalue weighted by Gasteiger charge is -2.41. The number of benzene rings is 2. The van der Waals surface area contributed by atoms with E-state index in [1.54, 1.807) is 0 Å². The number of para-hydroxylation sites is 2. The second-order valence-electron chi connectivity index (χ2n) is 19.7. The molecule has 0 aromatic heterocycles. The molecule has 1 saturated heterocycles. The molecule has 0 bridgehead atoms. The zero-order valence-electron chi connectivity index (χ0n) is 38.5. The van der Waals surface area contributed by atoms with E-state index in [0.29, 0.717) is 13.0 Å². The highest BCUT2D eigenvalue weighted by molar-refractivity contribution is 5.96. The first kappa shape index (κ1) is 50.1. The number of likely N-dealkylation sites (tertiary alicyclic amines) is 1. The summed E-state index contributed by atoms with van der Waals surface area (Å²) >= 11 is 0. The number of carboxylic acids is 1. The molecular formula is C50H83N4O5+. The number of nitrogens with zero attached hydrogens (tertiary/aromatic N) is 2. The second kappa shape index (κ2) is 24.9. The Kier molecular flexibility index (Phi) is 21.1. The van der Waals surface area contributed by atoms with Crippen molar-refractivity contribution < 1.29 is 29.1 Å². The third kappa shape index (κ3) is 18.1. The number of anilines is 2. The van der Waals surface area contributed by atoms with Gasteiger partial charge in [-0.3, -0.25) is 19.3 Å². The average molecular weight is 820 g/mol. The number of aryl methyl sites for hydroxylation is 4. The Labute approximate surface area is 358 Å². The van der Waals surface area contributed by atoms with Gasteiger partial charge < -0.3 is 25.3 Å². The number of aliphatic carboxylic acids is 1. The number of hydrogen-bond acceptors (Lipinski definition) is 5. The molecule has 0 spiro atoms. The van der Waals surface area contributed by atoms with Gasteiger partial charge in [0.25, 0.3) is 5.91 Å². The van der Waals surface area contributed by atoms with Crippen molar-refractivity contribution in [3.63, 3.8) is 0 Å². The smallest absolute Gasteiger partial charge is 0.303 e. The van der Waals surface area contributed by atoms with Crippen LogP contribution in [0.4, 0.5) is 11.4 Å². The average Bonchev–Trinajstić information content (AvgIpc) is 3.15. The van der Waals surface area contributed by atoms with Crippen molar-refractivity contribution in [2.75, 3.05) is 56.5 Å². The molecule has 2 aromatic carbocycles. The molecule has 1 heterocycles. The minimum Gasteiger partial charge on any atom is -0.481 e. The Morgan fingerprint density at radius 3 is 1.78 bits per heavy atom. The van der Waals surface area contributed by atoms with Crippen LogP contribution in [0.15, 0.2) is 36.4 Å². The molecule has 0 saturated carbocycles. The van der Waals surface area contributed by atoms with Gasteiger partial charge in [0, 0.05) is 24.4 Å². The lowest BCUT2D eigenvalue weighted by molar-refractivity contribution is -0.921. The molecule has 2 aromatic rings. The van der Waals surface area contributed by atoms with Gasteiger partial charge >= 0.3 is 5.97 Å². The summed E-state index contributed by atoms with van der Waals surface area (Å²) in [6.45, 7) is 23.1. The second-order valence-corrected chi connectivity index (χ2v) is 19.7. The lowest BCUT2D eigenvalue weighted by Crippen LogP contribution is -2.54. The number of aliphatic hydroxyl groups is 1. The number of carbonyl (C=O) groups excluding carboxylic acids is 2. The summed E-state index contributed by atoms with van der Waals surface area (Å²) < 4.78 is 0.720. The van der Waals surface area contributed by atoms with Crippen LogP contribution >= 0.6 is 0 Å². The first-order chi connectivity index (χ1) is 28.0. The van der Waals surface area contributed by atoms with E-state index in [1.807, 2.05) is 38.1 Å². The minimum absolute atomic E-state index is 0.0485. The van der Waals surface area contributed by atoms with E-state index < -0.39 is 5.97 Å². The topological polar surface area (TPSA) is 119 Å². The SMILES string of the molecule is Cc1cccc(C)c1NC(=O)C[N+](CCCCCCCO)(CCCCCC(=O)O)CCCC(C)(C)CC(C)(C)CCCN1CCCCC1C(=O)Nc1c(C)cccc1C. The molecule has 2 unspecified atom stereocenters. The molecule has 4 N–H and O–H groups in total. The summed E-state index contributed by atoms with van der Waals surface area (Å²) in [5.74, 6) is -0.576. The Hall–Kier alpha value is -3.27. The molecule has 2 amide bonds. The molecule has 59 heavy (non-hydrogen) atoms. The zero-order valence-corrected chi connectivity index (χ0v) is 38.5. The number of carbonyl (C=O) groups is 3. The summed E-state index contributed by atoms with van der Waals surface area (Å²) in [6, 6.07) is 12.2. The Bertz CT molecular complexity index is 1570. The standard InChI is InChI=1S/C50H82N4O5/c1-39-23-19-24-40(2)46(39)51-44(56)37-54(33-16-10-9-11-18-36-55,34-17-12-13-28-45(57)58)35-22-30-50(7,8)38-49(5,6)29-21-32-53-31-15-14-27-43(53)48(59)52-47-41(3)25-20-26-42(47)4/h19-20,23-26,43,55H,9-18,21-22,27-38H2,1-8H3,(H2-,51,52,56,57,58,59)/p+1. The first-order valence-corrected chi connectivity index (χ1v) is 23.1. The largest absolute Gasteiger partial charge is 0.481 e. The number of rotatable bonds is 28. The van der Waals surface area contributed by atoms with Crippen molar-refractivity contribution in [2.45, 2.75) is 171 Å². The highest BCUT2D eigenvalue weighted by Crippen LogP contribution is 2.40. The van der Waals surface area contributed by atoms with Gasteiger partial charge in [-0.25, -0.2) is 0 Å². The molecule has 9 heteroatoms. The molecule has 9 nitrogen and oxygen atoms in total. The third-order valence-corrected chi connectivity index (χ3v) is 12.9. The first-order valence-electron chi connectivity index (χ1n) is 23.1. The van der Waals surface area contributed by atoms with E-state index in [0.717, 1.165) is 167 Å². The Balaban J connectivity index is 1.66. The number of hydrogen-bond donors (Lipinski definition) is 4. The van der Waals surface area contributed by atoms with Crippen molar-refractivity contribution in [1.82, 2.24) is 4.90 Å². The van der Waals surface area contributed by atoms with Crippen LogP contribution in [0.25, 0.3) is 0 Å². The van der Waals surface area contributed by atoms with Crippen molar-refractivity contribution in [3.8, 4) is 0 Å². The number of nitrogens with one attached hydrogen (secondary N) is 2. The molecule has 0 aliphatic carbocycles. The summed E-state index contributed by atoms with van der Waals surface area (Å²) in [6.07, 6.45) is 16.1. The maximum Gasteiger partial charge on any atom is 0.303 e. The molecular weight excluding hydrogens is 737 g/mol. The van der Waals surface area contributed by atoms with Gasteiger partial charge in [-0.05, 0) is 157 Å². The number of piperidine rings is 1. The van der Waals surface area contributed by atoms with Gasteiger partial charge in [0.15, 0.2) is 6.54 Å².